The summed E-state index contributed by atoms with van der Waals surface area (Å²) in [6.45, 7) is 0.848. The van der Waals surface area contributed by atoms with Gasteiger partial charge in [0.2, 0.25) is 5.91 Å². The van der Waals surface area contributed by atoms with Gasteiger partial charge in [-0.15, -0.1) is 0 Å². The van der Waals surface area contributed by atoms with Crippen LogP contribution in [0.1, 0.15) is 51.4 Å². The van der Waals surface area contributed by atoms with Crippen LogP contribution in [0, 0.1) is 11.3 Å². The summed E-state index contributed by atoms with van der Waals surface area (Å²) < 4.78 is 0. The molecule has 1 saturated heterocycles. The summed E-state index contributed by atoms with van der Waals surface area (Å²) in [5, 5.41) is 12.0. The van der Waals surface area contributed by atoms with E-state index in [-0.39, 0.29) is 11.7 Å². The molecule has 1 amide bonds. The molecule has 1 heterocycles. The highest BCUT2D eigenvalue weighted by Crippen LogP contribution is 2.49. The van der Waals surface area contributed by atoms with Crippen molar-refractivity contribution < 1.29 is 10.0 Å². The van der Waals surface area contributed by atoms with E-state index in [9.17, 15) is 4.79 Å². The van der Waals surface area contributed by atoms with Gasteiger partial charge in [-0.25, -0.2) is 0 Å². The fourth-order valence-electron chi connectivity index (χ4n) is 3.95. The SMILES string of the molecule is NC(=NO)C1(C(=O)N2CCCC2C2CCCC2)CC1. The van der Waals surface area contributed by atoms with Gasteiger partial charge < -0.3 is 15.8 Å². The number of hydrogen-bond donors (Lipinski definition) is 2. The van der Waals surface area contributed by atoms with Crippen LogP contribution >= 0.6 is 0 Å². The molecule has 2 aliphatic carbocycles. The van der Waals surface area contributed by atoms with Crippen molar-refractivity contribution in [2.45, 2.75) is 57.4 Å². The molecule has 0 aromatic carbocycles. The number of likely N-dealkylation sites (tertiary alicyclic amines) is 1. The molecule has 0 aromatic heterocycles. The minimum Gasteiger partial charge on any atom is -0.409 e. The van der Waals surface area contributed by atoms with Crippen LogP contribution in [0.4, 0.5) is 0 Å². The Kier molecular flexibility index (Phi) is 3.15. The molecular formula is C14H23N3O2. The lowest BCUT2D eigenvalue weighted by Crippen LogP contribution is -2.47. The Morgan fingerprint density at radius 1 is 1.21 bits per heavy atom. The average Bonchev–Trinajstić information content (AvgIpc) is 2.87. The molecule has 0 radical (unpaired) electrons. The van der Waals surface area contributed by atoms with E-state index in [0.29, 0.717) is 12.0 Å². The number of nitrogens with two attached hydrogens (primary N) is 1. The molecule has 0 bridgehead atoms. The van der Waals surface area contributed by atoms with Crippen LogP contribution < -0.4 is 5.73 Å². The van der Waals surface area contributed by atoms with Gasteiger partial charge in [-0.1, -0.05) is 18.0 Å². The van der Waals surface area contributed by atoms with Gasteiger partial charge in [0.25, 0.3) is 0 Å². The van der Waals surface area contributed by atoms with Crippen molar-refractivity contribution in [1.29, 1.82) is 0 Å². The third-order valence-corrected chi connectivity index (χ3v) is 5.26. The summed E-state index contributed by atoms with van der Waals surface area (Å²) in [5.74, 6) is 0.890. The van der Waals surface area contributed by atoms with Crippen LogP contribution in [0.15, 0.2) is 5.16 Å². The van der Waals surface area contributed by atoms with E-state index >= 15 is 0 Å². The van der Waals surface area contributed by atoms with Gasteiger partial charge >= 0.3 is 0 Å². The standard InChI is InChI=1S/C14H23N3O2/c15-12(16-19)14(7-8-14)13(18)17-9-3-6-11(17)10-4-1-2-5-10/h10-11,19H,1-9H2,(H2,15,16). The van der Waals surface area contributed by atoms with Crippen molar-refractivity contribution in [2.75, 3.05) is 6.54 Å². The zero-order valence-electron chi connectivity index (χ0n) is 11.3. The maximum atomic E-state index is 12.8. The second-order valence-electron chi connectivity index (χ2n) is 6.32. The smallest absolute Gasteiger partial charge is 0.236 e. The third kappa shape index (κ3) is 1.99. The largest absolute Gasteiger partial charge is 0.409 e. The van der Waals surface area contributed by atoms with E-state index in [1.807, 2.05) is 4.90 Å². The summed E-state index contributed by atoms with van der Waals surface area (Å²) in [6.07, 6.45) is 8.80. The Balaban J connectivity index is 1.75. The van der Waals surface area contributed by atoms with Crippen molar-refractivity contribution in [3.8, 4) is 0 Å². The molecule has 5 nitrogen and oxygen atoms in total. The zero-order valence-corrected chi connectivity index (χ0v) is 11.3. The number of oxime groups is 1. The number of hydrogen-bond acceptors (Lipinski definition) is 3. The van der Waals surface area contributed by atoms with Crippen LogP contribution in [0.2, 0.25) is 0 Å². The first kappa shape index (κ1) is 12.8. The van der Waals surface area contributed by atoms with Gasteiger partial charge in [-0.2, -0.15) is 0 Å². The number of carbonyl (C=O) groups is 1. The molecule has 0 aromatic rings. The Labute approximate surface area is 113 Å². The number of nitrogens with zero attached hydrogens (tertiary/aromatic N) is 2. The minimum absolute atomic E-state index is 0.106. The molecule has 1 aliphatic heterocycles. The van der Waals surface area contributed by atoms with Crippen molar-refractivity contribution >= 4 is 11.7 Å². The van der Waals surface area contributed by atoms with E-state index in [4.69, 9.17) is 10.9 Å². The molecule has 2 saturated carbocycles. The highest BCUT2D eigenvalue weighted by atomic mass is 16.4. The molecule has 0 spiro atoms. The summed E-state index contributed by atoms with van der Waals surface area (Å²) >= 11 is 0. The quantitative estimate of drug-likeness (QED) is 0.353. The molecule has 19 heavy (non-hydrogen) atoms. The van der Waals surface area contributed by atoms with E-state index in [0.717, 1.165) is 32.2 Å². The van der Waals surface area contributed by atoms with Gasteiger partial charge in [0.1, 0.15) is 5.41 Å². The number of carbonyl (C=O) groups excluding carboxylic acids is 1. The Bertz CT molecular complexity index is 397. The maximum Gasteiger partial charge on any atom is 0.236 e. The Hall–Kier alpha value is -1.26. The highest BCUT2D eigenvalue weighted by molar-refractivity contribution is 6.09. The normalized spacial score (nSPS) is 30.8. The Morgan fingerprint density at radius 2 is 1.89 bits per heavy atom. The van der Waals surface area contributed by atoms with Gasteiger partial charge in [0.15, 0.2) is 5.84 Å². The van der Waals surface area contributed by atoms with Gasteiger partial charge in [0, 0.05) is 12.6 Å². The van der Waals surface area contributed by atoms with E-state index in [1.54, 1.807) is 0 Å². The van der Waals surface area contributed by atoms with Crippen LogP contribution in [-0.2, 0) is 4.79 Å². The zero-order chi connectivity index (χ0) is 13.5. The lowest BCUT2D eigenvalue weighted by molar-refractivity contribution is -0.136. The highest BCUT2D eigenvalue weighted by Gasteiger charge is 2.57. The number of rotatable bonds is 3. The molecule has 1 unspecified atom stereocenters. The van der Waals surface area contributed by atoms with Crippen LogP contribution in [0.5, 0.6) is 0 Å². The fraction of sp³-hybridized carbons (Fsp3) is 0.857. The lowest BCUT2D eigenvalue weighted by atomic mass is 9.94. The molecule has 3 aliphatic rings. The van der Waals surface area contributed by atoms with E-state index in [1.165, 1.54) is 25.7 Å². The van der Waals surface area contributed by atoms with Crippen LogP contribution in [-0.4, -0.2) is 34.4 Å². The summed E-state index contributed by atoms with van der Waals surface area (Å²) in [7, 11) is 0. The average molecular weight is 265 g/mol. The van der Waals surface area contributed by atoms with Gasteiger partial charge in [0.05, 0.1) is 0 Å². The van der Waals surface area contributed by atoms with E-state index in [2.05, 4.69) is 5.16 Å². The third-order valence-electron chi connectivity index (χ3n) is 5.26. The molecule has 5 heteroatoms. The molecule has 1 atom stereocenters. The predicted molar refractivity (Wildman–Crippen MR) is 71.8 cm³/mol. The first-order chi connectivity index (χ1) is 9.19. The molecular weight excluding hydrogens is 242 g/mol. The Morgan fingerprint density at radius 3 is 2.47 bits per heavy atom. The monoisotopic (exact) mass is 265 g/mol. The van der Waals surface area contributed by atoms with Crippen LogP contribution in [0.3, 0.4) is 0 Å². The summed E-state index contributed by atoms with van der Waals surface area (Å²) in [4.78, 5) is 14.8. The van der Waals surface area contributed by atoms with E-state index < -0.39 is 5.41 Å². The van der Waals surface area contributed by atoms with Crippen LogP contribution in [0.25, 0.3) is 0 Å². The topological polar surface area (TPSA) is 78.9 Å². The summed E-state index contributed by atoms with van der Waals surface area (Å²) in [6, 6.07) is 0.402. The number of amides is 1. The van der Waals surface area contributed by atoms with Crippen molar-refractivity contribution in [1.82, 2.24) is 4.90 Å². The first-order valence-electron chi connectivity index (χ1n) is 7.48. The predicted octanol–water partition coefficient (Wildman–Crippen LogP) is 1.69. The molecule has 3 fully saturated rings. The second kappa shape index (κ2) is 4.69. The first-order valence-corrected chi connectivity index (χ1v) is 7.48. The maximum absolute atomic E-state index is 12.8. The summed E-state index contributed by atoms with van der Waals surface area (Å²) in [5.41, 5.74) is 5.06. The lowest BCUT2D eigenvalue weighted by Gasteiger charge is -2.32. The second-order valence-corrected chi connectivity index (χ2v) is 6.32. The molecule has 106 valence electrons. The van der Waals surface area contributed by atoms with Crippen molar-refractivity contribution in [3.05, 3.63) is 0 Å². The molecule has 3 N–H and O–H groups in total. The fourth-order valence-corrected chi connectivity index (χ4v) is 3.95. The molecule has 3 rings (SSSR count). The van der Waals surface area contributed by atoms with Crippen molar-refractivity contribution in [3.63, 3.8) is 0 Å². The van der Waals surface area contributed by atoms with Gasteiger partial charge in [-0.05, 0) is 44.4 Å². The minimum atomic E-state index is -0.671. The van der Waals surface area contributed by atoms with Gasteiger partial charge in [-0.3, -0.25) is 4.79 Å². The van der Waals surface area contributed by atoms with Crippen molar-refractivity contribution in [2.24, 2.45) is 22.2 Å². The number of amidine groups is 1.